The zero-order chi connectivity index (χ0) is 24.1. The highest BCUT2D eigenvalue weighted by atomic mass is 32.1. The van der Waals surface area contributed by atoms with Gasteiger partial charge in [0, 0.05) is 18.6 Å². The number of aryl methyl sites for hydroxylation is 1. The summed E-state index contributed by atoms with van der Waals surface area (Å²) in [7, 11) is 0. The Hall–Kier alpha value is -3.92. The van der Waals surface area contributed by atoms with Gasteiger partial charge in [-0.05, 0) is 42.7 Å². The van der Waals surface area contributed by atoms with Crippen molar-refractivity contribution in [2.45, 2.75) is 33.2 Å². The minimum absolute atomic E-state index is 0.0506. The normalized spacial score (nSPS) is 15.4. The summed E-state index contributed by atoms with van der Waals surface area (Å²) < 4.78 is 5.95. The smallest absolute Gasteiger partial charge is 0.297 e. The van der Waals surface area contributed by atoms with Crippen molar-refractivity contribution in [1.29, 1.82) is 0 Å². The van der Waals surface area contributed by atoms with Crippen LogP contribution in [0.15, 0.2) is 51.7 Å². The van der Waals surface area contributed by atoms with E-state index in [4.69, 9.17) is 4.42 Å². The summed E-state index contributed by atoms with van der Waals surface area (Å²) in [6.45, 7) is 6.00. The number of aromatic nitrogens is 2. The molecule has 4 aromatic rings. The lowest BCUT2D eigenvalue weighted by Crippen LogP contribution is -2.29. The maximum Gasteiger partial charge on any atom is 0.297 e. The molecule has 0 bridgehead atoms. The summed E-state index contributed by atoms with van der Waals surface area (Å²) in [4.78, 5) is 39.3. The van der Waals surface area contributed by atoms with E-state index in [9.17, 15) is 19.7 Å². The third-order valence-electron chi connectivity index (χ3n) is 5.69. The second kappa shape index (κ2) is 8.14. The van der Waals surface area contributed by atoms with Crippen molar-refractivity contribution in [3.8, 4) is 0 Å². The van der Waals surface area contributed by atoms with Crippen molar-refractivity contribution in [1.82, 2.24) is 10.2 Å². The predicted molar refractivity (Wildman–Crippen MR) is 127 cm³/mol. The molecule has 1 atom stereocenters. The summed E-state index contributed by atoms with van der Waals surface area (Å²) in [5.41, 5.74) is 1.54. The van der Waals surface area contributed by atoms with Crippen molar-refractivity contribution < 1.29 is 14.1 Å². The van der Waals surface area contributed by atoms with Crippen LogP contribution in [0.25, 0.3) is 11.0 Å². The number of benzene rings is 2. The number of carbonyl (C=O) groups is 1. The van der Waals surface area contributed by atoms with Crippen LogP contribution in [0.1, 0.15) is 52.1 Å². The van der Waals surface area contributed by atoms with Gasteiger partial charge in [-0.1, -0.05) is 36.8 Å². The van der Waals surface area contributed by atoms with Crippen molar-refractivity contribution in [3.05, 3.63) is 90.3 Å². The van der Waals surface area contributed by atoms with Gasteiger partial charge < -0.3 is 4.42 Å². The fourth-order valence-corrected chi connectivity index (χ4v) is 5.23. The lowest BCUT2D eigenvalue weighted by Gasteiger charge is -2.22. The SMILES string of the molecule is Cc1ccc2oc3c(c(=O)c2c1)C(c1ccc([N+](=O)[O-])cc1)N(c1nnc(CC(C)C)s1)C3=O. The van der Waals surface area contributed by atoms with Crippen LogP contribution < -0.4 is 10.3 Å². The number of nitro benzene ring substituents is 1. The molecule has 0 spiro atoms. The molecule has 1 amide bonds. The first kappa shape index (κ1) is 21.9. The van der Waals surface area contributed by atoms with Crippen LogP contribution in [0.5, 0.6) is 0 Å². The number of rotatable bonds is 5. The largest absolute Gasteiger partial charge is 0.450 e. The molecule has 3 heterocycles. The Morgan fingerprint density at radius 2 is 1.88 bits per heavy atom. The van der Waals surface area contributed by atoms with Crippen molar-refractivity contribution in [2.75, 3.05) is 4.90 Å². The summed E-state index contributed by atoms with van der Waals surface area (Å²) in [5, 5.41) is 21.1. The van der Waals surface area contributed by atoms with Crippen LogP contribution in [-0.2, 0) is 6.42 Å². The Balaban J connectivity index is 1.73. The number of anilines is 1. The molecular weight excluding hydrogens is 456 g/mol. The molecule has 0 aliphatic carbocycles. The molecule has 172 valence electrons. The molecule has 1 aliphatic heterocycles. The van der Waals surface area contributed by atoms with Gasteiger partial charge in [-0.25, -0.2) is 0 Å². The molecule has 0 N–H and O–H groups in total. The molecule has 0 saturated heterocycles. The van der Waals surface area contributed by atoms with E-state index in [1.54, 1.807) is 24.3 Å². The van der Waals surface area contributed by atoms with E-state index in [0.29, 0.717) is 34.0 Å². The van der Waals surface area contributed by atoms with Crippen LogP contribution in [0.3, 0.4) is 0 Å². The Labute approximate surface area is 197 Å². The maximum absolute atomic E-state index is 13.6. The number of fused-ring (bicyclic) bond motifs is 2. The zero-order valence-electron chi connectivity index (χ0n) is 18.6. The first-order valence-electron chi connectivity index (χ1n) is 10.7. The second-order valence-corrected chi connectivity index (χ2v) is 9.72. The summed E-state index contributed by atoms with van der Waals surface area (Å²) >= 11 is 1.28. The van der Waals surface area contributed by atoms with Crippen LogP contribution in [-0.4, -0.2) is 21.0 Å². The van der Waals surface area contributed by atoms with Crippen molar-refractivity contribution in [2.24, 2.45) is 5.92 Å². The average molecular weight is 477 g/mol. The third kappa shape index (κ3) is 3.56. The van der Waals surface area contributed by atoms with Crippen molar-refractivity contribution >= 4 is 39.0 Å². The minimum atomic E-state index is -0.843. The monoisotopic (exact) mass is 476 g/mol. The van der Waals surface area contributed by atoms with E-state index in [0.717, 1.165) is 10.6 Å². The van der Waals surface area contributed by atoms with Crippen LogP contribution in [0.4, 0.5) is 10.8 Å². The standard InChI is InChI=1S/C24H20N4O5S/c1-12(2)10-18-25-26-24(34-18)27-20(14-5-7-15(8-6-14)28(31)32)19-21(29)16-11-13(3)4-9-17(16)33-22(19)23(27)30/h4-9,11-12,20H,10H2,1-3H3. The molecule has 9 nitrogen and oxygen atoms in total. The second-order valence-electron chi connectivity index (χ2n) is 8.68. The highest BCUT2D eigenvalue weighted by Crippen LogP contribution is 2.42. The average Bonchev–Trinajstić information content (AvgIpc) is 3.36. The van der Waals surface area contributed by atoms with Crippen molar-refractivity contribution in [3.63, 3.8) is 0 Å². The number of amides is 1. The van der Waals surface area contributed by atoms with Crippen LogP contribution >= 0.6 is 11.3 Å². The fourth-order valence-electron chi connectivity index (χ4n) is 4.15. The number of carbonyl (C=O) groups excluding carboxylic acids is 1. The lowest BCUT2D eigenvalue weighted by molar-refractivity contribution is -0.384. The summed E-state index contributed by atoms with van der Waals surface area (Å²) in [6.07, 6.45) is 0.704. The number of hydrogen-bond donors (Lipinski definition) is 0. The Morgan fingerprint density at radius 3 is 2.56 bits per heavy atom. The highest BCUT2D eigenvalue weighted by Gasteiger charge is 2.45. The molecule has 10 heteroatoms. The maximum atomic E-state index is 13.6. The number of nitro groups is 1. The molecule has 1 aliphatic rings. The molecular formula is C24H20N4O5S. The van der Waals surface area contributed by atoms with Gasteiger partial charge in [0.1, 0.15) is 10.6 Å². The number of non-ortho nitro benzene ring substituents is 1. The van der Waals surface area contributed by atoms with E-state index < -0.39 is 16.9 Å². The van der Waals surface area contributed by atoms with E-state index >= 15 is 0 Å². The highest BCUT2D eigenvalue weighted by molar-refractivity contribution is 7.15. The molecule has 0 radical (unpaired) electrons. The molecule has 2 aromatic heterocycles. The molecule has 0 saturated carbocycles. The van der Waals surface area contributed by atoms with Crippen LogP contribution in [0, 0.1) is 23.0 Å². The zero-order valence-corrected chi connectivity index (χ0v) is 19.5. The molecule has 5 rings (SSSR count). The van der Waals surface area contributed by atoms with Gasteiger partial charge in [-0.3, -0.25) is 24.6 Å². The minimum Gasteiger partial charge on any atom is -0.450 e. The topological polar surface area (TPSA) is 119 Å². The van der Waals surface area contributed by atoms with E-state index in [-0.39, 0.29) is 22.4 Å². The Bertz CT molecular complexity index is 1510. The van der Waals surface area contributed by atoms with Gasteiger partial charge in [0.15, 0.2) is 5.43 Å². The summed E-state index contributed by atoms with van der Waals surface area (Å²) in [5.74, 6) is -0.190. The quantitative estimate of drug-likeness (QED) is 0.299. The first-order chi connectivity index (χ1) is 16.2. The van der Waals surface area contributed by atoms with Gasteiger partial charge >= 0.3 is 0 Å². The van der Waals surface area contributed by atoms with E-state index in [1.807, 2.05) is 13.0 Å². The molecule has 34 heavy (non-hydrogen) atoms. The fraction of sp³-hybridized carbons (Fsp3) is 0.250. The van der Waals surface area contributed by atoms with Gasteiger partial charge in [0.05, 0.1) is 21.9 Å². The molecule has 2 aromatic carbocycles. The Morgan fingerprint density at radius 1 is 1.15 bits per heavy atom. The first-order valence-corrected chi connectivity index (χ1v) is 11.5. The third-order valence-corrected chi connectivity index (χ3v) is 6.64. The summed E-state index contributed by atoms with van der Waals surface area (Å²) in [6, 6.07) is 10.2. The number of hydrogen-bond acceptors (Lipinski definition) is 8. The van der Waals surface area contributed by atoms with E-state index in [2.05, 4.69) is 24.0 Å². The Kier molecular flexibility index (Phi) is 5.24. The predicted octanol–water partition coefficient (Wildman–Crippen LogP) is 4.81. The van der Waals surface area contributed by atoms with E-state index in [1.165, 1.54) is 28.4 Å². The van der Waals surface area contributed by atoms with Gasteiger partial charge in [-0.2, -0.15) is 0 Å². The molecule has 1 unspecified atom stereocenters. The number of nitrogens with zero attached hydrogens (tertiary/aromatic N) is 4. The molecule has 0 fully saturated rings. The lowest BCUT2D eigenvalue weighted by atomic mass is 9.98. The van der Waals surface area contributed by atoms with Gasteiger partial charge in [0.25, 0.3) is 11.6 Å². The van der Waals surface area contributed by atoms with Crippen LogP contribution in [0.2, 0.25) is 0 Å². The van der Waals surface area contributed by atoms with Gasteiger partial charge in [-0.15, -0.1) is 10.2 Å². The van der Waals surface area contributed by atoms with Gasteiger partial charge in [0.2, 0.25) is 10.9 Å².